The van der Waals surface area contributed by atoms with E-state index in [-0.39, 0.29) is 6.61 Å². The first-order valence-electron chi connectivity index (χ1n) is 6.19. The summed E-state index contributed by atoms with van der Waals surface area (Å²) in [6.07, 6.45) is 5.87. The topological polar surface area (TPSA) is 78.6 Å². The fourth-order valence-corrected chi connectivity index (χ4v) is 1.64. The predicted octanol–water partition coefficient (Wildman–Crippen LogP) is 3.28. The third-order valence-electron chi connectivity index (χ3n) is 2.61. The highest BCUT2D eigenvalue weighted by Gasteiger charge is 2.10. The van der Waals surface area contributed by atoms with Crippen molar-refractivity contribution in [3.05, 3.63) is 60.4 Å². The molecule has 3 rings (SSSR count). The van der Waals surface area contributed by atoms with Gasteiger partial charge in [0.2, 0.25) is 5.76 Å². The van der Waals surface area contributed by atoms with E-state index in [1.807, 2.05) is 0 Å². The molecule has 0 N–H and O–H groups in total. The van der Waals surface area contributed by atoms with Gasteiger partial charge in [-0.25, -0.2) is 4.79 Å². The smallest absolute Gasteiger partial charge is 0.331 e. The van der Waals surface area contributed by atoms with Crippen LogP contribution in [0.4, 0.5) is 0 Å². The zero-order valence-corrected chi connectivity index (χ0v) is 10.9. The summed E-state index contributed by atoms with van der Waals surface area (Å²) in [5, 5.41) is 3.80. The maximum atomic E-state index is 11.5. The van der Waals surface area contributed by atoms with Gasteiger partial charge in [-0.05, 0) is 30.3 Å². The van der Waals surface area contributed by atoms with Gasteiger partial charge in [-0.3, -0.25) is 0 Å². The van der Waals surface area contributed by atoms with Gasteiger partial charge in [-0.1, -0.05) is 5.16 Å². The Morgan fingerprint density at radius 3 is 2.81 bits per heavy atom. The number of carbonyl (C=O) groups is 1. The number of hydrogen-bond donors (Lipinski definition) is 0. The molecule has 6 nitrogen and oxygen atoms in total. The van der Waals surface area contributed by atoms with Crippen LogP contribution < -0.4 is 0 Å². The van der Waals surface area contributed by atoms with Crippen LogP contribution in [0.1, 0.15) is 11.5 Å². The van der Waals surface area contributed by atoms with Crippen molar-refractivity contribution in [1.29, 1.82) is 0 Å². The molecule has 0 saturated carbocycles. The Morgan fingerprint density at radius 2 is 2.05 bits per heavy atom. The highest BCUT2D eigenvalue weighted by Crippen LogP contribution is 2.20. The molecule has 21 heavy (non-hydrogen) atoms. The summed E-state index contributed by atoms with van der Waals surface area (Å²) in [4.78, 5) is 11.5. The van der Waals surface area contributed by atoms with E-state index in [2.05, 4.69) is 5.16 Å². The van der Waals surface area contributed by atoms with Crippen molar-refractivity contribution in [2.24, 2.45) is 0 Å². The fraction of sp³-hybridized carbons (Fsp3) is 0.0667. The number of nitrogens with zero attached hydrogens (tertiary/aromatic N) is 1. The molecule has 0 amide bonds. The molecule has 3 aromatic rings. The van der Waals surface area contributed by atoms with Gasteiger partial charge >= 0.3 is 5.97 Å². The Hall–Kier alpha value is -3.02. The molecule has 6 heteroatoms. The number of esters is 1. The average Bonchev–Trinajstić information content (AvgIpc) is 3.24. The number of aromatic nitrogens is 1. The van der Waals surface area contributed by atoms with Crippen LogP contribution in [0.2, 0.25) is 0 Å². The van der Waals surface area contributed by atoms with Crippen LogP contribution >= 0.6 is 0 Å². The third-order valence-corrected chi connectivity index (χ3v) is 2.61. The lowest BCUT2D eigenvalue weighted by Crippen LogP contribution is -2.00. The molecule has 0 aliphatic rings. The normalized spacial score (nSPS) is 11.0. The number of ether oxygens (including phenoxy) is 1. The zero-order chi connectivity index (χ0) is 14.5. The van der Waals surface area contributed by atoms with Crippen LogP contribution in [0, 0.1) is 0 Å². The lowest BCUT2D eigenvalue weighted by Gasteiger charge is -1.96. The molecule has 0 aliphatic carbocycles. The van der Waals surface area contributed by atoms with E-state index < -0.39 is 5.97 Å². The van der Waals surface area contributed by atoms with Crippen LogP contribution in [0.15, 0.2) is 62.3 Å². The van der Waals surface area contributed by atoms with Gasteiger partial charge in [0.05, 0.1) is 12.5 Å². The Kier molecular flexibility index (Phi) is 3.68. The summed E-state index contributed by atoms with van der Waals surface area (Å²) in [6.45, 7) is 0.0194. The van der Waals surface area contributed by atoms with Gasteiger partial charge in [-0.15, -0.1) is 0 Å². The van der Waals surface area contributed by atoms with E-state index >= 15 is 0 Å². The molecule has 0 aliphatic heterocycles. The van der Waals surface area contributed by atoms with Crippen molar-refractivity contribution in [3.8, 4) is 11.5 Å². The first-order valence-corrected chi connectivity index (χ1v) is 6.19. The third kappa shape index (κ3) is 3.30. The molecule has 3 heterocycles. The van der Waals surface area contributed by atoms with Crippen LogP contribution in [-0.2, 0) is 16.1 Å². The summed E-state index contributed by atoms with van der Waals surface area (Å²) in [7, 11) is 0. The summed E-state index contributed by atoms with van der Waals surface area (Å²) in [5.74, 6) is 1.14. The molecule has 3 aromatic heterocycles. The molecule has 106 valence electrons. The second-order valence-electron chi connectivity index (χ2n) is 4.12. The van der Waals surface area contributed by atoms with Gasteiger partial charge in [0.1, 0.15) is 18.1 Å². The maximum absolute atomic E-state index is 11.5. The number of carbonyl (C=O) groups excluding carboxylic acids is 1. The summed E-state index contributed by atoms with van der Waals surface area (Å²) in [5.41, 5.74) is 0.501. The van der Waals surface area contributed by atoms with E-state index in [0.29, 0.717) is 23.0 Å². The highest BCUT2D eigenvalue weighted by atomic mass is 16.5. The highest BCUT2D eigenvalue weighted by molar-refractivity contribution is 5.86. The van der Waals surface area contributed by atoms with Crippen molar-refractivity contribution < 1.29 is 22.9 Å². The summed E-state index contributed by atoms with van der Waals surface area (Å²) >= 11 is 0. The van der Waals surface area contributed by atoms with Crippen molar-refractivity contribution in [2.75, 3.05) is 0 Å². The van der Waals surface area contributed by atoms with E-state index in [4.69, 9.17) is 18.1 Å². The molecule has 0 spiro atoms. The predicted molar refractivity (Wildman–Crippen MR) is 71.7 cm³/mol. The van der Waals surface area contributed by atoms with Crippen molar-refractivity contribution in [1.82, 2.24) is 5.16 Å². The molecule has 0 aromatic carbocycles. The van der Waals surface area contributed by atoms with Crippen molar-refractivity contribution in [3.63, 3.8) is 0 Å². The standard InChI is InChI=1S/C15H11NO5/c17-15(6-5-12-3-1-7-18-12)20-10-11-9-14(21-16-11)13-4-2-8-19-13/h1-9H,10H2/b6-5+. The fourth-order valence-electron chi connectivity index (χ4n) is 1.64. The Labute approximate surface area is 119 Å². The van der Waals surface area contributed by atoms with Crippen LogP contribution in [0.25, 0.3) is 17.6 Å². The largest absolute Gasteiger partial charge is 0.465 e. The molecular weight excluding hydrogens is 274 g/mol. The van der Waals surface area contributed by atoms with Gasteiger partial charge in [-0.2, -0.15) is 0 Å². The van der Waals surface area contributed by atoms with Crippen molar-refractivity contribution in [2.45, 2.75) is 6.61 Å². The lowest BCUT2D eigenvalue weighted by molar-refractivity contribution is -0.139. The van der Waals surface area contributed by atoms with Crippen LogP contribution in [0.3, 0.4) is 0 Å². The number of hydrogen-bond acceptors (Lipinski definition) is 6. The minimum atomic E-state index is -0.492. The number of rotatable bonds is 5. The van der Waals surface area contributed by atoms with Crippen LogP contribution in [-0.4, -0.2) is 11.1 Å². The SMILES string of the molecule is O=C(/C=C/c1ccco1)OCc1cc(-c2ccco2)on1. The number of furan rings is 2. The molecule has 0 saturated heterocycles. The quantitative estimate of drug-likeness (QED) is 0.528. The molecule has 0 fully saturated rings. The maximum Gasteiger partial charge on any atom is 0.331 e. The van der Waals surface area contributed by atoms with Gasteiger partial charge in [0, 0.05) is 12.1 Å². The van der Waals surface area contributed by atoms with Gasteiger partial charge in [0.25, 0.3) is 0 Å². The van der Waals surface area contributed by atoms with Gasteiger partial charge in [0.15, 0.2) is 5.76 Å². The zero-order valence-electron chi connectivity index (χ0n) is 10.9. The molecule has 0 unspecified atom stereocenters. The van der Waals surface area contributed by atoms with Gasteiger partial charge < -0.3 is 18.1 Å². The van der Waals surface area contributed by atoms with Crippen LogP contribution in [0.5, 0.6) is 0 Å². The Balaban J connectivity index is 1.54. The molecule has 0 atom stereocenters. The minimum Gasteiger partial charge on any atom is -0.465 e. The lowest BCUT2D eigenvalue weighted by atomic mass is 10.3. The van der Waals surface area contributed by atoms with E-state index in [1.165, 1.54) is 24.7 Å². The Bertz CT molecular complexity index is 722. The summed E-state index contributed by atoms with van der Waals surface area (Å²) in [6, 6.07) is 8.62. The summed E-state index contributed by atoms with van der Waals surface area (Å²) < 4.78 is 20.4. The second-order valence-corrected chi connectivity index (χ2v) is 4.12. The average molecular weight is 285 g/mol. The second kappa shape index (κ2) is 5.96. The molecule has 0 bridgehead atoms. The first kappa shape index (κ1) is 13.0. The van der Waals surface area contributed by atoms with E-state index in [0.717, 1.165) is 0 Å². The van der Waals surface area contributed by atoms with E-state index in [1.54, 1.807) is 30.3 Å². The van der Waals surface area contributed by atoms with E-state index in [9.17, 15) is 4.79 Å². The monoisotopic (exact) mass is 285 g/mol. The minimum absolute atomic E-state index is 0.0194. The Morgan fingerprint density at radius 1 is 1.19 bits per heavy atom. The molecule has 0 radical (unpaired) electrons. The molecular formula is C15H11NO5. The first-order chi connectivity index (χ1) is 10.3. The van der Waals surface area contributed by atoms with Crippen molar-refractivity contribution >= 4 is 12.0 Å².